The van der Waals surface area contributed by atoms with Crippen LogP contribution in [0.2, 0.25) is 0 Å². The average molecular weight is 292 g/mol. The van der Waals surface area contributed by atoms with Crippen molar-refractivity contribution in [3.05, 3.63) is 59.4 Å². The molecule has 0 unspecified atom stereocenters. The minimum absolute atomic E-state index is 0.269. The van der Waals surface area contributed by atoms with Gasteiger partial charge in [0.05, 0.1) is 23.9 Å². The molecule has 22 heavy (non-hydrogen) atoms. The Morgan fingerprint density at radius 2 is 2.18 bits per heavy atom. The van der Waals surface area contributed by atoms with Gasteiger partial charge in [0.1, 0.15) is 23.2 Å². The van der Waals surface area contributed by atoms with E-state index < -0.39 is 0 Å². The number of nitrogens with zero attached hydrogens (tertiary/aromatic N) is 2. The second-order valence-corrected chi connectivity index (χ2v) is 4.58. The molecule has 1 aromatic carbocycles. The summed E-state index contributed by atoms with van der Waals surface area (Å²) in [6.07, 6.45) is 1.78. The third kappa shape index (κ3) is 2.25. The third-order valence-electron chi connectivity index (χ3n) is 3.28. The molecule has 2 heterocycles. The van der Waals surface area contributed by atoms with E-state index in [0.717, 1.165) is 5.69 Å². The van der Waals surface area contributed by atoms with Crippen molar-refractivity contribution >= 4 is 5.78 Å². The van der Waals surface area contributed by atoms with E-state index >= 15 is 0 Å². The highest BCUT2D eigenvalue weighted by Gasteiger charge is 2.19. The van der Waals surface area contributed by atoms with Gasteiger partial charge < -0.3 is 9.72 Å². The van der Waals surface area contributed by atoms with Gasteiger partial charge in [-0.2, -0.15) is 10.4 Å². The van der Waals surface area contributed by atoms with Gasteiger partial charge in [0.15, 0.2) is 0 Å². The molecule has 0 spiro atoms. The number of aromatic amines is 2. The molecule has 0 radical (unpaired) electrons. The van der Waals surface area contributed by atoms with E-state index in [0.29, 0.717) is 22.5 Å². The second-order valence-electron chi connectivity index (χ2n) is 4.58. The highest BCUT2D eigenvalue weighted by molar-refractivity contribution is 6.10. The number of carbonyl (C=O) groups is 1. The first kappa shape index (κ1) is 13.6. The lowest BCUT2D eigenvalue weighted by Gasteiger charge is -2.07. The topological polar surface area (TPSA) is 94.6 Å². The summed E-state index contributed by atoms with van der Waals surface area (Å²) in [5.74, 6) is -0.00900. The number of methoxy groups -OCH3 is 1. The normalized spacial score (nSPS) is 10.2. The van der Waals surface area contributed by atoms with Crippen molar-refractivity contribution in [3.8, 4) is 23.2 Å². The Hall–Kier alpha value is -3.33. The Labute approximate surface area is 126 Å². The summed E-state index contributed by atoms with van der Waals surface area (Å²) in [6, 6.07) is 12.3. The minimum Gasteiger partial charge on any atom is -0.495 e. The molecule has 6 nitrogen and oxygen atoms in total. The fraction of sp³-hybridized carbons (Fsp3) is 0.0625. The van der Waals surface area contributed by atoms with Crippen molar-refractivity contribution in [1.82, 2.24) is 15.2 Å². The molecular formula is C16H12N4O2. The highest BCUT2D eigenvalue weighted by atomic mass is 16.5. The van der Waals surface area contributed by atoms with Gasteiger partial charge >= 0.3 is 0 Å². The van der Waals surface area contributed by atoms with Crippen LogP contribution in [0.5, 0.6) is 5.75 Å². The summed E-state index contributed by atoms with van der Waals surface area (Å²) >= 11 is 0. The number of rotatable bonds is 4. The zero-order chi connectivity index (χ0) is 15.5. The van der Waals surface area contributed by atoms with Gasteiger partial charge in [0.2, 0.25) is 5.78 Å². The van der Waals surface area contributed by atoms with Gasteiger partial charge in [-0.3, -0.25) is 9.89 Å². The fourth-order valence-electron chi connectivity index (χ4n) is 2.23. The van der Waals surface area contributed by atoms with E-state index in [1.54, 1.807) is 30.5 Å². The first-order valence-electron chi connectivity index (χ1n) is 6.55. The smallest absolute Gasteiger partial charge is 0.214 e. The molecule has 2 aromatic heterocycles. The number of hydrogen-bond acceptors (Lipinski definition) is 4. The van der Waals surface area contributed by atoms with Crippen LogP contribution in [0.4, 0.5) is 0 Å². The molecule has 0 saturated heterocycles. The quantitative estimate of drug-likeness (QED) is 0.722. The Morgan fingerprint density at radius 3 is 2.86 bits per heavy atom. The van der Waals surface area contributed by atoms with Crippen LogP contribution in [-0.2, 0) is 0 Å². The van der Waals surface area contributed by atoms with Gasteiger partial charge in [-0.25, -0.2) is 0 Å². The fourth-order valence-corrected chi connectivity index (χ4v) is 2.23. The molecule has 3 rings (SSSR count). The Kier molecular flexibility index (Phi) is 3.46. The highest BCUT2D eigenvalue weighted by Crippen LogP contribution is 2.26. The first-order chi connectivity index (χ1) is 10.7. The van der Waals surface area contributed by atoms with Crippen molar-refractivity contribution in [2.75, 3.05) is 7.11 Å². The monoisotopic (exact) mass is 292 g/mol. The van der Waals surface area contributed by atoms with Gasteiger partial charge in [-0.1, -0.05) is 6.07 Å². The predicted octanol–water partition coefficient (Wildman–Crippen LogP) is 2.52. The van der Waals surface area contributed by atoms with Crippen LogP contribution in [0.15, 0.2) is 42.6 Å². The van der Waals surface area contributed by atoms with Crippen molar-refractivity contribution in [1.29, 1.82) is 5.26 Å². The number of hydrogen-bond donors (Lipinski definition) is 2. The standard InChI is InChI=1S/C16H12N4O2/c1-22-16-10(9-17)4-2-5-11(16)15(21)14-8-13(19-20-14)12-6-3-7-18-12/h2-8,18H,1H3,(H,19,20). The Morgan fingerprint density at radius 1 is 1.32 bits per heavy atom. The SMILES string of the molecule is COc1c(C#N)cccc1C(=O)c1cc(-c2ccc[nH]2)n[nH]1. The van der Waals surface area contributed by atoms with Crippen molar-refractivity contribution < 1.29 is 9.53 Å². The van der Waals surface area contributed by atoms with Gasteiger partial charge in [0, 0.05) is 6.20 Å². The summed E-state index contributed by atoms with van der Waals surface area (Å²) in [5.41, 5.74) is 2.43. The molecular weight excluding hydrogens is 280 g/mol. The Balaban J connectivity index is 2.00. The molecule has 0 aliphatic carbocycles. The first-order valence-corrected chi connectivity index (χ1v) is 6.55. The largest absolute Gasteiger partial charge is 0.495 e. The van der Waals surface area contributed by atoms with Crippen molar-refractivity contribution in [2.24, 2.45) is 0 Å². The van der Waals surface area contributed by atoms with E-state index in [9.17, 15) is 4.79 Å². The van der Waals surface area contributed by atoms with Gasteiger partial charge in [-0.05, 0) is 30.3 Å². The maximum Gasteiger partial charge on any atom is 0.214 e. The number of aromatic nitrogens is 3. The van der Waals surface area contributed by atoms with Crippen LogP contribution >= 0.6 is 0 Å². The average Bonchev–Trinajstić information content (AvgIpc) is 3.23. The summed E-state index contributed by atoms with van der Waals surface area (Å²) in [4.78, 5) is 15.6. The molecule has 0 fully saturated rings. The van der Waals surface area contributed by atoms with Crippen LogP contribution in [0.25, 0.3) is 11.4 Å². The summed E-state index contributed by atoms with van der Waals surface area (Å²) < 4.78 is 5.21. The van der Waals surface area contributed by atoms with Crippen LogP contribution in [0.1, 0.15) is 21.6 Å². The molecule has 0 aliphatic heterocycles. The molecule has 0 atom stereocenters. The number of nitrogens with one attached hydrogen (secondary N) is 2. The maximum atomic E-state index is 12.6. The molecule has 6 heteroatoms. The lowest BCUT2D eigenvalue weighted by atomic mass is 10.0. The number of H-pyrrole nitrogens is 2. The number of ether oxygens (including phenoxy) is 1. The van der Waals surface area contributed by atoms with Crippen molar-refractivity contribution in [3.63, 3.8) is 0 Å². The van der Waals surface area contributed by atoms with Gasteiger partial charge in [0.25, 0.3) is 0 Å². The van der Waals surface area contributed by atoms with E-state index in [1.807, 2.05) is 18.2 Å². The zero-order valence-electron chi connectivity index (χ0n) is 11.8. The number of para-hydroxylation sites is 1. The summed E-state index contributed by atoms with van der Waals surface area (Å²) in [7, 11) is 1.43. The zero-order valence-corrected chi connectivity index (χ0v) is 11.8. The van der Waals surface area contributed by atoms with Crippen LogP contribution in [0.3, 0.4) is 0 Å². The molecule has 0 amide bonds. The van der Waals surface area contributed by atoms with E-state index in [4.69, 9.17) is 10.00 Å². The lowest BCUT2D eigenvalue weighted by molar-refractivity contribution is 0.103. The van der Waals surface area contributed by atoms with Crippen LogP contribution < -0.4 is 4.74 Å². The third-order valence-corrected chi connectivity index (χ3v) is 3.28. The molecule has 2 N–H and O–H groups in total. The summed E-state index contributed by atoms with van der Waals surface area (Å²) in [6.45, 7) is 0. The predicted molar refractivity (Wildman–Crippen MR) is 79.5 cm³/mol. The summed E-state index contributed by atoms with van der Waals surface area (Å²) in [5, 5.41) is 15.9. The number of carbonyl (C=O) groups excluding carboxylic acids is 1. The van der Waals surface area contributed by atoms with Crippen molar-refractivity contribution in [2.45, 2.75) is 0 Å². The molecule has 3 aromatic rings. The second kappa shape index (κ2) is 5.58. The molecule has 0 aliphatic rings. The van der Waals surface area contributed by atoms with E-state index in [1.165, 1.54) is 7.11 Å². The van der Waals surface area contributed by atoms with Gasteiger partial charge in [-0.15, -0.1) is 0 Å². The lowest BCUT2D eigenvalue weighted by Crippen LogP contribution is -2.05. The van der Waals surface area contributed by atoms with Crippen LogP contribution in [-0.4, -0.2) is 28.1 Å². The van der Waals surface area contributed by atoms with Crippen LogP contribution in [0, 0.1) is 11.3 Å². The number of benzene rings is 1. The van der Waals surface area contributed by atoms with E-state index in [-0.39, 0.29) is 11.5 Å². The molecule has 0 saturated carbocycles. The molecule has 0 bridgehead atoms. The minimum atomic E-state index is -0.278. The molecule has 108 valence electrons. The Bertz CT molecular complexity index is 857. The number of nitriles is 1. The maximum absolute atomic E-state index is 12.6. The number of ketones is 1. The van der Waals surface area contributed by atoms with E-state index in [2.05, 4.69) is 15.2 Å².